The summed E-state index contributed by atoms with van der Waals surface area (Å²) >= 11 is 0. The largest absolute Gasteiger partial charge is 0.478 e. The second-order valence-electron chi connectivity index (χ2n) is 5.08. The van der Waals surface area contributed by atoms with Crippen molar-refractivity contribution in [3.63, 3.8) is 0 Å². The third kappa shape index (κ3) is 4.06. The molecule has 0 unspecified atom stereocenters. The van der Waals surface area contributed by atoms with Gasteiger partial charge < -0.3 is 10.4 Å². The van der Waals surface area contributed by atoms with Crippen molar-refractivity contribution in [2.45, 2.75) is 13.8 Å². The van der Waals surface area contributed by atoms with E-state index in [1.54, 1.807) is 25.1 Å². The predicted octanol–water partition coefficient (Wildman–Crippen LogP) is 3.74. The van der Waals surface area contributed by atoms with Crippen molar-refractivity contribution in [2.75, 3.05) is 5.32 Å². The van der Waals surface area contributed by atoms with Gasteiger partial charge in [0.15, 0.2) is 0 Å². The maximum Gasteiger partial charge on any atom is 0.335 e. The fraction of sp³-hybridized carbons (Fsp3) is 0.111. The van der Waals surface area contributed by atoms with Crippen LogP contribution in [-0.4, -0.2) is 17.0 Å². The first-order valence-electron chi connectivity index (χ1n) is 6.85. The molecule has 4 heteroatoms. The Balaban J connectivity index is 2.14. The average molecular weight is 295 g/mol. The van der Waals surface area contributed by atoms with Crippen LogP contribution >= 0.6 is 0 Å². The highest BCUT2D eigenvalue weighted by Gasteiger charge is 2.08. The molecule has 0 aliphatic heterocycles. The van der Waals surface area contributed by atoms with E-state index in [1.807, 2.05) is 31.2 Å². The Hall–Kier alpha value is -2.88. The predicted molar refractivity (Wildman–Crippen MR) is 86.9 cm³/mol. The zero-order valence-corrected chi connectivity index (χ0v) is 12.5. The molecule has 0 atom stereocenters. The van der Waals surface area contributed by atoms with Crippen LogP contribution in [0.3, 0.4) is 0 Å². The molecule has 0 aliphatic carbocycles. The number of aromatic carboxylic acids is 1. The first-order chi connectivity index (χ1) is 10.5. The molecule has 1 amide bonds. The lowest BCUT2D eigenvalue weighted by Crippen LogP contribution is -2.13. The van der Waals surface area contributed by atoms with Gasteiger partial charge in [0.1, 0.15) is 0 Å². The van der Waals surface area contributed by atoms with E-state index in [1.165, 1.54) is 12.1 Å². The molecule has 0 radical (unpaired) electrons. The van der Waals surface area contributed by atoms with Crippen molar-refractivity contribution >= 4 is 23.6 Å². The van der Waals surface area contributed by atoms with Crippen molar-refractivity contribution in [3.05, 3.63) is 70.8 Å². The van der Waals surface area contributed by atoms with Crippen LogP contribution in [0.15, 0.2) is 54.1 Å². The van der Waals surface area contributed by atoms with E-state index < -0.39 is 5.97 Å². The number of carboxylic acids is 1. The van der Waals surface area contributed by atoms with Crippen molar-refractivity contribution in [3.8, 4) is 0 Å². The molecule has 4 nitrogen and oxygen atoms in total. The van der Waals surface area contributed by atoms with E-state index in [0.717, 1.165) is 11.1 Å². The van der Waals surface area contributed by atoms with Gasteiger partial charge in [-0.05, 0) is 43.7 Å². The first kappa shape index (κ1) is 15.5. The van der Waals surface area contributed by atoms with Crippen LogP contribution in [-0.2, 0) is 4.79 Å². The summed E-state index contributed by atoms with van der Waals surface area (Å²) < 4.78 is 0. The average Bonchev–Trinajstić information content (AvgIpc) is 2.47. The molecule has 2 rings (SSSR count). The van der Waals surface area contributed by atoms with Crippen molar-refractivity contribution in [1.82, 2.24) is 0 Å². The highest BCUT2D eigenvalue weighted by Crippen LogP contribution is 2.14. The monoisotopic (exact) mass is 295 g/mol. The minimum Gasteiger partial charge on any atom is -0.478 e. The minimum atomic E-state index is -1.02. The van der Waals surface area contributed by atoms with Gasteiger partial charge in [0.2, 0.25) is 0 Å². The fourth-order valence-electron chi connectivity index (χ4n) is 2.04. The number of anilines is 1. The Morgan fingerprint density at radius 1 is 1.09 bits per heavy atom. The third-order valence-corrected chi connectivity index (χ3v) is 3.15. The van der Waals surface area contributed by atoms with Gasteiger partial charge in [-0.1, -0.05) is 35.9 Å². The molecule has 0 aliphatic rings. The van der Waals surface area contributed by atoms with Gasteiger partial charge >= 0.3 is 5.97 Å². The molecule has 0 fully saturated rings. The maximum atomic E-state index is 12.2. The Bertz CT molecular complexity index is 748. The van der Waals surface area contributed by atoms with Gasteiger partial charge in [-0.25, -0.2) is 4.79 Å². The number of benzene rings is 2. The number of hydrogen-bond donors (Lipinski definition) is 2. The van der Waals surface area contributed by atoms with Crippen LogP contribution in [0.2, 0.25) is 0 Å². The number of carbonyl (C=O) groups excluding carboxylic acids is 1. The van der Waals surface area contributed by atoms with Gasteiger partial charge in [0, 0.05) is 11.3 Å². The number of hydrogen-bond acceptors (Lipinski definition) is 2. The van der Waals surface area contributed by atoms with Crippen LogP contribution in [0, 0.1) is 6.92 Å². The lowest BCUT2D eigenvalue weighted by atomic mass is 10.1. The number of aryl methyl sites for hydroxylation is 1. The van der Waals surface area contributed by atoms with Gasteiger partial charge in [-0.15, -0.1) is 0 Å². The smallest absolute Gasteiger partial charge is 0.335 e. The maximum absolute atomic E-state index is 12.2. The molecule has 0 heterocycles. The summed E-state index contributed by atoms with van der Waals surface area (Å²) in [5.74, 6) is -1.29. The zero-order chi connectivity index (χ0) is 16.1. The zero-order valence-electron chi connectivity index (χ0n) is 12.5. The Labute approximate surface area is 129 Å². The molecular weight excluding hydrogens is 278 g/mol. The number of nitrogens with one attached hydrogen (secondary N) is 1. The highest BCUT2D eigenvalue weighted by molar-refractivity contribution is 6.06. The lowest BCUT2D eigenvalue weighted by Gasteiger charge is -2.06. The highest BCUT2D eigenvalue weighted by atomic mass is 16.4. The van der Waals surface area contributed by atoms with Gasteiger partial charge in [-0.2, -0.15) is 0 Å². The number of amides is 1. The van der Waals surface area contributed by atoms with E-state index >= 15 is 0 Å². The minimum absolute atomic E-state index is 0.137. The molecule has 0 bridgehead atoms. The SMILES string of the molecule is C/C(=C\c1cccc(C)c1)C(=O)Nc1cccc(C(=O)O)c1. The van der Waals surface area contributed by atoms with Crippen LogP contribution in [0.4, 0.5) is 5.69 Å². The molecule has 112 valence electrons. The van der Waals surface area contributed by atoms with Crippen molar-refractivity contribution in [1.29, 1.82) is 0 Å². The number of rotatable bonds is 4. The summed E-state index contributed by atoms with van der Waals surface area (Å²) in [6.07, 6.45) is 1.80. The van der Waals surface area contributed by atoms with Crippen LogP contribution in [0.25, 0.3) is 6.08 Å². The molecule has 2 aromatic carbocycles. The second kappa shape index (κ2) is 6.72. The Morgan fingerprint density at radius 2 is 1.82 bits per heavy atom. The summed E-state index contributed by atoms with van der Waals surface area (Å²) in [4.78, 5) is 23.1. The van der Waals surface area contributed by atoms with Crippen LogP contribution in [0.1, 0.15) is 28.4 Å². The van der Waals surface area contributed by atoms with E-state index in [9.17, 15) is 9.59 Å². The van der Waals surface area contributed by atoms with Crippen LogP contribution < -0.4 is 5.32 Å². The summed E-state index contributed by atoms with van der Waals surface area (Å²) in [6, 6.07) is 14.0. The number of carboxylic acid groups (broad SMARTS) is 1. The quantitative estimate of drug-likeness (QED) is 0.844. The fourth-order valence-corrected chi connectivity index (χ4v) is 2.04. The first-order valence-corrected chi connectivity index (χ1v) is 6.85. The summed E-state index contributed by atoms with van der Waals surface area (Å²) in [5.41, 5.74) is 3.22. The van der Waals surface area contributed by atoms with Crippen LogP contribution in [0.5, 0.6) is 0 Å². The summed E-state index contributed by atoms with van der Waals surface area (Å²) in [6.45, 7) is 3.71. The Kier molecular flexibility index (Phi) is 4.73. The van der Waals surface area contributed by atoms with Gasteiger partial charge in [0.25, 0.3) is 5.91 Å². The molecule has 2 aromatic rings. The lowest BCUT2D eigenvalue weighted by molar-refractivity contribution is -0.112. The van der Waals surface area contributed by atoms with Gasteiger partial charge in [-0.3, -0.25) is 4.79 Å². The van der Waals surface area contributed by atoms with Crippen molar-refractivity contribution < 1.29 is 14.7 Å². The molecule has 0 spiro atoms. The molecule has 22 heavy (non-hydrogen) atoms. The van der Waals surface area contributed by atoms with E-state index in [2.05, 4.69) is 5.32 Å². The molecular formula is C18H17NO3. The molecule has 2 N–H and O–H groups in total. The molecule has 0 saturated heterocycles. The van der Waals surface area contributed by atoms with Gasteiger partial charge in [0.05, 0.1) is 5.56 Å². The summed E-state index contributed by atoms with van der Waals surface area (Å²) in [7, 11) is 0. The number of carbonyl (C=O) groups is 2. The summed E-state index contributed by atoms with van der Waals surface area (Å²) in [5, 5.41) is 11.7. The van der Waals surface area contributed by atoms with E-state index in [0.29, 0.717) is 11.3 Å². The van der Waals surface area contributed by atoms with Crippen molar-refractivity contribution in [2.24, 2.45) is 0 Å². The Morgan fingerprint density at radius 3 is 2.50 bits per heavy atom. The second-order valence-corrected chi connectivity index (χ2v) is 5.08. The molecule has 0 aromatic heterocycles. The topological polar surface area (TPSA) is 66.4 Å². The van der Waals surface area contributed by atoms with E-state index in [-0.39, 0.29) is 11.5 Å². The molecule has 0 saturated carbocycles. The van der Waals surface area contributed by atoms with E-state index in [4.69, 9.17) is 5.11 Å². The third-order valence-electron chi connectivity index (χ3n) is 3.15. The normalized spacial score (nSPS) is 11.1. The standard InChI is InChI=1S/C18H17NO3/c1-12-5-3-6-14(9-12)10-13(2)17(20)19-16-8-4-7-15(11-16)18(21)22/h3-11H,1-2H3,(H,19,20)(H,21,22)/b13-10+.